The molecule has 17 heavy (non-hydrogen) atoms. The lowest BCUT2D eigenvalue weighted by atomic mass is 10.2. The van der Waals surface area contributed by atoms with Gasteiger partial charge >= 0.3 is 0 Å². The van der Waals surface area contributed by atoms with Crippen LogP contribution in [0.4, 0.5) is 5.82 Å². The molecule has 0 aliphatic heterocycles. The fourth-order valence-electron chi connectivity index (χ4n) is 1.18. The fourth-order valence-corrected chi connectivity index (χ4v) is 1.39. The summed E-state index contributed by atoms with van der Waals surface area (Å²) in [5, 5.41) is 5.84. The highest BCUT2D eigenvalue weighted by Gasteiger charge is 2.17. The minimum atomic E-state index is -0.0639. The van der Waals surface area contributed by atoms with Gasteiger partial charge in [0.15, 0.2) is 0 Å². The van der Waals surface area contributed by atoms with Crippen molar-refractivity contribution in [1.29, 1.82) is 0 Å². The number of thioether (sulfide) groups is 1. The first-order valence-electron chi connectivity index (χ1n) is 5.45. The van der Waals surface area contributed by atoms with Crippen LogP contribution in [0.1, 0.15) is 24.2 Å². The maximum Gasteiger partial charge on any atom is 0.251 e. The Morgan fingerprint density at radius 2 is 2.24 bits per heavy atom. The first-order chi connectivity index (χ1) is 7.98. The molecule has 0 radical (unpaired) electrons. The van der Waals surface area contributed by atoms with Crippen molar-refractivity contribution in [3.63, 3.8) is 0 Å². The van der Waals surface area contributed by atoms with E-state index in [4.69, 9.17) is 0 Å². The second kappa shape index (κ2) is 5.91. The second-order valence-electron chi connectivity index (χ2n) is 4.33. The van der Waals surface area contributed by atoms with Gasteiger partial charge in [0.1, 0.15) is 5.82 Å². The normalized spacial score (nSPS) is 11.1. The number of aromatic nitrogens is 1. The molecule has 5 heteroatoms. The van der Waals surface area contributed by atoms with Gasteiger partial charge in [-0.15, -0.1) is 0 Å². The lowest BCUT2D eigenvalue weighted by Crippen LogP contribution is -2.36. The third kappa shape index (κ3) is 4.26. The Morgan fingerprint density at radius 3 is 2.82 bits per heavy atom. The Kier molecular flexibility index (Phi) is 4.81. The SMILES string of the molecule is CNc1cc(C(=O)NCC(C)(C)SC)ccn1. The molecule has 4 nitrogen and oxygen atoms in total. The lowest BCUT2D eigenvalue weighted by Gasteiger charge is -2.22. The van der Waals surface area contributed by atoms with E-state index in [1.165, 1.54) is 0 Å². The Bertz CT molecular complexity index is 393. The van der Waals surface area contributed by atoms with Crippen LogP contribution in [0, 0.1) is 0 Å². The molecule has 0 fully saturated rings. The standard InChI is InChI=1S/C12H19N3OS/c1-12(2,17-4)8-15-11(16)9-5-6-14-10(7-9)13-3/h5-7H,8H2,1-4H3,(H,13,14)(H,15,16). The summed E-state index contributed by atoms with van der Waals surface area (Å²) in [4.78, 5) is 16.0. The molecule has 0 atom stereocenters. The molecule has 94 valence electrons. The van der Waals surface area contributed by atoms with Crippen molar-refractivity contribution in [2.45, 2.75) is 18.6 Å². The maximum atomic E-state index is 11.9. The van der Waals surface area contributed by atoms with Crippen molar-refractivity contribution in [3.8, 4) is 0 Å². The van der Waals surface area contributed by atoms with Crippen LogP contribution in [-0.2, 0) is 0 Å². The molecular weight excluding hydrogens is 234 g/mol. The van der Waals surface area contributed by atoms with E-state index in [9.17, 15) is 4.79 Å². The summed E-state index contributed by atoms with van der Waals surface area (Å²) >= 11 is 1.73. The summed E-state index contributed by atoms with van der Waals surface area (Å²) in [6, 6.07) is 3.45. The molecule has 1 aromatic rings. The summed E-state index contributed by atoms with van der Waals surface area (Å²) in [6.45, 7) is 4.84. The molecule has 0 aliphatic carbocycles. The number of carbonyl (C=O) groups excluding carboxylic acids is 1. The summed E-state index contributed by atoms with van der Waals surface area (Å²) in [6.07, 6.45) is 3.66. The number of hydrogen-bond donors (Lipinski definition) is 2. The summed E-state index contributed by atoms with van der Waals surface area (Å²) < 4.78 is 0.0501. The predicted octanol–water partition coefficient (Wildman–Crippen LogP) is 1.99. The predicted molar refractivity (Wildman–Crippen MR) is 73.7 cm³/mol. The van der Waals surface area contributed by atoms with Crippen molar-refractivity contribution in [2.75, 3.05) is 25.2 Å². The molecule has 1 heterocycles. The molecular formula is C12H19N3OS. The zero-order valence-electron chi connectivity index (χ0n) is 10.7. The Hall–Kier alpha value is -1.23. The third-order valence-electron chi connectivity index (χ3n) is 2.51. The van der Waals surface area contributed by atoms with Crippen LogP contribution in [-0.4, -0.2) is 35.5 Å². The van der Waals surface area contributed by atoms with Crippen LogP contribution in [0.25, 0.3) is 0 Å². The Morgan fingerprint density at radius 1 is 1.53 bits per heavy atom. The zero-order chi connectivity index (χ0) is 12.9. The highest BCUT2D eigenvalue weighted by Crippen LogP contribution is 2.19. The first kappa shape index (κ1) is 13.8. The average Bonchev–Trinajstić information content (AvgIpc) is 2.36. The molecule has 1 amide bonds. The number of rotatable bonds is 5. The number of nitrogens with zero attached hydrogens (tertiary/aromatic N) is 1. The van der Waals surface area contributed by atoms with Crippen LogP contribution < -0.4 is 10.6 Å². The highest BCUT2D eigenvalue weighted by atomic mass is 32.2. The summed E-state index contributed by atoms with van der Waals surface area (Å²) in [5.74, 6) is 0.632. The van der Waals surface area contributed by atoms with Gasteiger partial charge in [0.05, 0.1) is 0 Å². The smallest absolute Gasteiger partial charge is 0.251 e. The van der Waals surface area contributed by atoms with Gasteiger partial charge in [-0.05, 0) is 32.2 Å². The van der Waals surface area contributed by atoms with Crippen molar-refractivity contribution in [3.05, 3.63) is 23.9 Å². The van der Waals surface area contributed by atoms with E-state index < -0.39 is 0 Å². The highest BCUT2D eigenvalue weighted by molar-refractivity contribution is 7.99. The second-order valence-corrected chi connectivity index (χ2v) is 5.84. The monoisotopic (exact) mass is 253 g/mol. The van der Waals surface area contributed by atoms with Gasteiger partial charge < -0.3 is 10.6 Å². The number of hydrogen-bond acceptors (Lipinski definition) is 4. The van der Waals surface area contributed by atoms with Gasteiger partial charge in [0.25, 0.3) is 5.91 Å². The quantitative estimate of drug-likeness (QED) is 0.842. The maximum absolute atomic E-state index is 11.9. The van der Waals surface area contributed by atoms with Gasteiger partial charge in [0, 0.05) is 30.1 Å². The number of carbonyl (C=O) groups is 1. The van der Waals surface area contributed by atoms with Crippen molar-refractivity contribution in [2.24, 2.45) is 0 Å². The van der Waals surface area contributed by atoms with Crippen LogP contribution in [0.5, 0.6) is 0 Å². The largest absolute Gasteiger partial charge is 0.373 e. The Balaban J connectivity index is 2.64. The summed E-state index contributed by atoms with van der Waals surface area (Å²) in [5.41, 5.74) is 0.626. The molecule has 0 saturated heterocycles. The van der Waals surface area contributed by atoms with Crippen molar-refractivity contribution >= 4 is 23.5 Å². The van der Waals surface area contributed by atoms with Gasteiger partial charge in [-0.1, -0.05) is 0 Å². The molecule has 0 aromatic carbocycles. The molecule has 0 aliphatic rings. The van der Waals surface area contributed by atoms with Crippen LogP contribution in [0.15, 0.2) is 18.3 Å². The topological polar surface area (TPSA) is 54.0 Å². The van der Waals surface area contributed by atoms with Gasteiger partial charge in [-0.2, -0.15) is 11.8 Å². The Labute approximate surface area is 107 Å². The lowest BCUT2D eigenvalue weighted by molar-refractivity contribution is 0.0951. The van der Waals surface area contributed by atoms with E-state index in [1.807, 2.05) is 6.26 Å². The zero-order valence-corrected chi connectivity index (χ0v) is 11.5. The van der Waals surface area contributed by atoms with Crippen molar-refractivity contribution < 1.29 is 4.79 Å². The third-order valence-corrected chi connectivity index (χ3v) is 3.76. The van der Waals surface area contributed by atoms with E-state index >= 15 is 0 Å². The number of anilines is 1. The van der Waals surface area contributed by atoms with E-state index in [2.05, 4.69) is 29.5 Å². The fraction of sp³-hybridized carbons (Fsp3) is 0.500. The van der Waals surface area contributed by atoms with Crippen molar-refractivity contribution in [1.82, 2.24) is 10.3 Å². The van der Waals surface area contributed by atoms with Crippen LogP contribution in [0.3, 0.4) is 0 Å². The number of amides is 1. The molecule has 2 N–H and O–H groups in total. The molecule has 0 bridgehead atoms. The molecule has 1 rings (SSSR count). The molecule has 0 spiro atoms. The van der Waals surface area contributed by atoms with Crippen LogP contribution >= 0.6 is 11.8 Å². The van der Waals surface area contributed by atoms with Crippen LogP contribution in [0.2, 0.25) is 0 Å². The van der Waals surface area contributed by atoms with E-state index in [0.717, 1.165) is 0 Å². The van der Waals surface area contributed by atoms with E-state index in [1.54, 1.807) is 37.1 Å². The molecule has 1 aromatic heterocycles. The first-order valence-corrected chi connectivity index (χ1v) is 6.68. The van der Waals surface area contributed by atoms with Gasteiger partial charge in [-0.25, -0.2) is 4.98 Å². The number of pyridine rings is 1. The average molecular weight is 253 g/mol. The summed E-state index contributed by atoms with van der Waals surface area (Å²) in [7, 11) is 1.78. The van der Waals surface area contributed by atoms with Gasteiger partial charge in [-0.3, -0.25) is 4.79 Å². The minimum Gasteiger partial charge on any atom is -0.373 e. The molecule has 0 saturated carbocycles. The van der Waals surface area contributed by atoms with E-state index in [0.29, 0.717) is 17.9 Å². The van der Waals surface area contributed by atoms with E-state index in [-0.39, 0.29) is 10.7 Å². The molecule has 0 unspecified atom stereocenters. The number of nitrogens with one attached hydrogen (secondary N) is 2. The van der Waals surface area contributed by atoms with Gasteiger partial charge in [0.2, 0.25) is 0 Å². The minimum absolute atomic E-state index is 0.0501.